The Morgan fingerprint density at radius 2 is 2.00 bits per heavy atom. The van der Waals surface area contributed by atoms with Gasteiger partial charge in [-0.3, -0.25) is 10.6 Å². The Morgan fingerprint density at radius 3 is 2.71 bits per heavy atom. The van der Waals surface area contributed by atoms with Crippen LogP contribution >= 0.6 is 11.6 Å². The molecule has 5 N–H and O–H groups in total. The van der Waals surface area contributed by atoms with E-state index in [1.54, 1.807) is 0 Å². The van der Waals surface area contributed by atoms with E-state index in [9.17, 15) is 4.79 Å². The van der Waals surface area contributed by atoms with Gasteiger partial charge in [0.15, 0.2) is 5.96 Å². The largest absolute Gasteiger partial charge is 0.447 e. The average Bonchev–Trinajstić information content (AvgIpc) is 2.70. The van der Waals surface area contributed by atoms with Gasteiger partial charge in [0.25, 0.3) is 0 Å². The van der Waals surface area contributed by atoms with Crippen LogP contribution in [0.4, 0.5) is 10.5 Å². The predicted octanol–water partition coefficient (Wildman–Crippen LogP) is 4.02. The molecule has 0 aliphatic carbocycles. The minimum absolute atomic E-state index is 0.141. The summed E-state index contributed by atoms with van der Waals surface area (Å²) in [6.07, 6.45) is 2.06. The van der Waals surface area contributed by atoms with Crippen molar-refractivity contribution in [3.05, 3.63) is 70.3 Å². The predicted molar refractivity (Wildman–Crippen MR) is 126 cm³/mol. The van der Waals surface area contributed by atoms with Crippen molar-refractivity contribution in [2.24, 2.45) is 10.7 Å². The summed E-state index contributed by atoms with van der Waals surface area (Å²) in [5, 5.41) is 9.97. The molecule has 1 aliphatic heterocycles. The van der Waals surface area contributed by atoms with Gasteiger partial charge in [-0.15, -0.1) is 0 Å². The third-order valence-electron chi connectivity index (χ3n) is 4.73. The number of aliphatic imine (C=N–C) groups is 1. The fourth-order valence-corrected chi connectivity index (χ4v) is 3.37. The van der Waals surface area contributed by atoms with Gasteiger partial charge in [0.1, 0.15) is 6.17 Å². The monoisotopic (exact) mass is 441 g/mol. The fourth-order valence-electron chi connectivity index (χ4n) is 3.19. The minimum Gasteiger partial charge on any atom is -0.447 e. The van der Waals surface area contributed by atoms with Gasteiger partial charge in [0.05, 0.1) is 11.8 Å². The molecule has 0 spiro atoms. The molecule has 0 aromatic heterocycles. The quantitative estimate of drug-likeness (QED) is 0.519. The fraction of sp³-hybridized carbons (Fsp3) is 0.304. The zero-order valence-electron chi connectivity index (χ0n) is 17.9. The number of benzene rings is 2. The molecule has 1 heterocycles. The van der Waals surface area contributed by atoms with Gasteiger partial charge < -0.3 is 15.8 Å². The Labute approximate surface area is 187 Å². The van der Waals surface area contributed by atoms with E-state index in [0.717, 1.165) is 35.4 Å². The Bertz CT molecular complexity index is 986. The van der Waals surface area contributed by atoms with Crippen LogP contribution in [0.5, 0.6) is 0 Å². The normalized spacial score (nSPS) is 15.7. The van der Waals surface area contributed by atoms with Crippen LogP contribution in [0.15, 0.2) is 53.5 Å². The van der Waals surface area contributed by atoms with Crippen molar-refractivity contribution in [1.82, 2.24) is 10.6 Å². The van der Waals surface area contributed by atoms with Crippen molar-refractivity contribution in [3.63, 3.8) is 0 Å². The van der Waals surface area contributed by atoms with Crippen LogP contribution in [0.2, 0.25) is 5.02 Å². The highest BCUT2D eigenvalue weighted by Gasteiger charge is 2.16. The molecule has 7 nitrogen and oxygen atoms in total. The van der Waals surface area contributed by atoms with Crippen LogP contribution in [-0.2, 0) is 11.2 Å². The number of guanidine groups is 1. The number of nitrogens with zero attached hydrogens (tertiary/aromatic N) is 1. The lowest BCUT2D eigenvalue weighted by atomic mass is 10.0. The van der Waals surface area contributed by atoms with Crippen molar-refractivity contribution in [2.45, 2.75) is 39.5 Å². The molecular weight excluding hydrogens is 414 g/mol. The zero-order chi connectivity index (χ0) is 22.4. The molecule has 0 bridgehead atoms. The van der Waals surface area contributed by atoms with E-state index >= 15 is 0 Å². The number of amides is 1. The summed E-state index contributed by atoms with van der Waals surface area (Å²) in [5.74, 6) is 0.359. The Balaban J connectivity index is 1.55. The maximum atomic E-state index is 11.7. The summed E-state index contributed by atoms with van der Waals surface area (Å²) in [7, 11) is 0. The highest BCUT2D eigenvalue weighted by molar-refractivity contribution is 6.31. The average molecular weight is 442 g/mol. The van der Waals surface area contributed by atoms with Crippen molar-refractivity contribution in [3.8, 4) is 0 Å². The van der Waals surface area contributed by atoms with E-state index < -0.39 is 6.09 Å². The summed E-state index contributed by atoms with van der Waals surface area (Å²) in [4.78, 5) is 16.1. The Hall–Kier alpha value is -3.03. The van der Waals surface area contributed by atoms with E-state index in [1.165, 1.54) is 0 Å². The molecule has 1 unspecified atom stereocenters. The SMILES string of the molecule is Cc1c(Cl)cccc1C1=CC(NCCc2ccc(NC(=O)OC(C)C)cc2)NC(N)=N1. The smallest absolute Gasteiger partial charge is 0.411 e. The first-order valence-corrected chi connectivity index (χ1v) is 10.6. The maximum Gasteiger partial charge on any atom is 0.411 e. The van der Waals surface area contributed by atoms with E-state index in [-0.39, 0.29) is 12.3 Å². The van der Waals surface area contributed by atoms with E-state index in [0.29, 0.717) is 16.7 Å². The van der Waals surface area contributed by atoms with Crippen LogP contribution in [0.1, 0.15) is 30.5 Å². The number of rotatable bonds is 7. The first kappa shape index (κ1) is 22.7. The lowest BCUT2D eigenvalue weighted by molar-refractivity contribution is 0.130. The minimum atomic E-state index is -0.454. The second-order valence-corrected chi connectivity index (χ2v) is 7.97. The summed E-state index contributed by atoms with van der Waals surface area (Å²) in [6, 6.07) is 13.4. The van der Waals surface area contributed by atoms with Gasteiger partial charge in [-0.25, -0.2) is 9.79 Å². The number of halogens is 1. The van der Waals surface area contributed by atoms with Gasteiger partial charge in [-0.05, 0) is 62.6 Å². The van der Waals surface area contributed by atoms with Crippen molar-refractivity contribution in [1.29, 1.82) is 0 Å². The molecule has 0 fully saturated rings. The Kier molecular flexibility index (Phi) is 7.55. The number of carbonyl (C=O) groups is 1. The van der Waals surface area contributed by atoms with Crippen LogP contribution < -0.4 is 21.7 Å². The van der Waals surface area contributed by atoms with Crippen molar-refractivity contribution < 1.29 is 9.53 Å². The molecule has 1 atom stereocenters. The zero-order valence-corrected chi connectivity index (χ0v) is 18.7. The molecule has 2 aromatic carbocycles. The van der Waals surface area contributed by atoms with E-state index in [1.807, 2.05) is 69.3 Å². The molecule has 0 saturated heterocycles. The van der Waals surface area contributed by atoms with Gasteiger partial charge in [0, 0.05) is 22.8 Å². The lowest BCUT2D eigenvalue weighted by Gasteiger charge is -2.23. The van der Waals surface area contributed by atoms with Crippen molar-refractivity contribution in [2.75, 3.05) is 11.9 Å². The number of ether oxygens (including phenoxy) is 1. The molecule has 1 amide bonds. The second kappa shape index (κ2) is 10.3. The molecule has 31 heavy (non-hydrogen) atoms. The maximum absolute atomic E-state index is 11.7. The Morgan fingerprint density at radius 1 is 1.26 bits per heavy atom. The highest BCUT2D eigenvalue weighted by Crippen LogP contribution is 2.27. The van der Waals surface area contributed by atoms with Crippen LogP contribution in [0, 0.1) is 6.92 Å². The summed E-state index contributed by atoms with van der Waals surface area (Å²) < 4.78 is 5.08. The lowest BCUT2D eigenvalue weighted by Crippen LogP contribution is -2.49. The summed E-state index contributed by atoms with van der Waals surface area (Å²) >= 11 is 6.25. The number of anilines is 1. The molecule has 1 aliphatic rings. The van der Waals surface area contributed by atoms with Gasteiger partial charge in [-0.2, -0.15) is 0 Å². The molecule has 3 rings (SSSR count). The molecule has 2 aromatic rings. The standard InChI is InChI=1S/C23H28ClN5O2/c1-14(2)31-23(30)27-17-9-7-16(8-10-17)11-12-26-21-13-20(28-22(25)29-21)18-5-4-6-19(24)15(18)3/h4-10,13-14,21,26H,11-12H2,1-3H3,(H,27,30)(H3,25,28,29). The number of hydrogen-bond donors (Lipinski definition) is 4. The molecular formula is C23H28ClN5O2. The van der Waals surface area contributed by atoms with Crippen LogP contribution in [0.25, 0.3) is 5.70 Å². The molecule has 0 radical (unpaired) electrons. The third kappa shape index (κ3) is 6.47. The van der Waals surface area contributed by atoms with Crippen LogP contribution in [-0.4, -0.2) is 30.9 Å². The van der Waals surface area contributed by atoms with Gasteiger partial charge in [-0.1, -0.05) is 35.9 Å². The highest BCUT2D eigenvalue weighted by atomic mass is 35.5. The van der Waals surface area contributed by atoms with Crippen molar-refractivity contribution >= 4 is 35.0 Å². The number of nitrogens with one attached hydrogen (secondary N) is 3. The van der Waals surface area contributed by atoms with E-state index in [4.69, 9.17) is 22.1 Å². The second-order valence-electron chi connectivity index (χ2n) is 7.56. The van der Waals surface area contributed by atoms with Crippen LogP contribution in [0.3, 0.4) is 0 Å². The van der Waals surface area contributed by atoms with E-state index in [2.05, 4.69) is 20.9 Å². The number of hydrogen-bond acceptors (Lipinski definition) is 6. The van der Waals surface area contributed by atoms with Gasteiger partial charge in [0.2, 0.25) is 0 Å². The summed E-state index contributed by atoms with van der Waals surface area (Å²) in [5.41, 5.74) is 10.6. The third-order valence-corrected chi connectivity index (χ3v) is 5.14. The van der Waals surface area contributed by atoms with Gasteiger partial charge >= 0.3 is 6.09 Å². The first-order valence-electron chi connectivity index (χ1n) is 10.2. The number of nitrogens with two attached hydrogens (primary N) is 1. The topological polar surface area (TPSA) is 101 Å². The summed E-state index contributed by atoms with van der Waals surface area (Å²) in [6.45, 7) is 6.32. The molecule has 164 valence electrons. The number of carbonyl (C=O) groups excluding carboxylic acids is 1. The molecule has 8 heteroatoms. The molecule has 0 saturated carbocycles. The first-order chi connectivity index (χ1) is 14.8.